The van der Waals surface area contributed by atoms with Gasteiger partial charge in [0.25, 0.3) is 0 Å². The lowest BCUT2D eigenvalue weighted by atomic mass is 9.92. The summed E-state index contributed by atoms with van der Waals surface area (Å²) in [5.41, 5.74) is 10.1. The van der Waals surface area contributed by atoms with E-state index in [1.165, 1.54) is 38.9 Å². The Hall–Kier alpha value is -1.61. The smallest absolute Gasteiger partial charge is 0.0945 e. The maximum Gasteiger partial charge on any atom is 0.0945 e. The Morgan fingerprint density at radius 3 is 1.95 bits per heavy atom. The first kappa shape index (κ1) is 15.8. The number of pyridine rings is 1. The van der Waals surface area contributed by atoms with Crippen LogP contribution in [0.4, 0.5) is 5.69 Å². The number of hydrogen-bond donors (Lipinski definition) is 1. The molecule has 0 bridgehead atoms. The summed E-state index contributed by atoms with van der Waals surface area (Å²) in [5.74, 6) is 0. The fourth-order valence-electron chi connectivity index (χ4n) is 2.87. The lowest BCUT2D eigenvalue weighted by Gasteiger charge is -2.21. The lowest BCUT2D eigenvalue weighted by Crippen LogP contribution is -2.21. The van der Waals surface area contributed by atoms with Crippen LogP contribution in [-0.2, 0) is 0 Å². The number of rotatable bonds is 3. The van der Waals surface area contributed by atoms with E-state index in [0.29, 0.717) is 0 Å². The van der Waals surface area contributed by atoms with Gasteiger partial charge >= 0.3 is 0 Å². The first-order valence-electron chi connectivity index (χ1n) is 7.51. The van der Waals surface area contributed by atoms with Crippen LogP contribution >= 0.6 is 0 Å². The number of aryl methyl sites for hydroxylation is 3. The van der Waals surface area contributed by atoms with Gasteiger partial charge < -0.3 is 5.32 Å². The van der Waals surface area contributed by atoms with Gasteiger partial charge in [0.2, 0.25) is 0 Å². The van der Waals surface area contributed by atoms with E-state index in [9.17, 15) is 0 Å². The number of fused-ring (bicyclic) bond motifs is 1. The molecular weight excluding hydrogens is 258 g/mol. The van der Waals surface area contributed by atoms with E-state index in [4.69, 9.17) is 4.98 Å². The van der Waals surface area contributed by atoms with Crippen molar-refractivity contribution in [3.63, 3.8) is 0 Å². The van der Waals surface area contributed by atoms with Gasteiger partial charge in [-0.3, -0.25) is 9.88 Å². The quantitative estimate of drug-likeness (QED) is 0.863. The largest absolute Gasteiger partial charge is 0.370 e. The molecule has 2 aromatic rings. The molecule has 1 N–H and O–H groups in total. The third-order valence-electron chi connectivity index (χ3n) is 4.68. The molecule has 1 aromatic heterocycles. The summed E-state index contributed by atoms with van der Waals surface area (Å²) < 4.78 is 0. The lowest BCUT2D eigenvalue weighted by molar-refractivity contribution is 0.440. The zero-order valence-corrected chi connectivity index (χ0v) is 14.6. The van der Waals surface area contributed by atoms with E-state index in [-0.39, 0.29) is 0 Å². The van der Waals surface area contributed by atoms with Gasteiger partial charge in [-0.05, 0) is 83.5 Å². The van der Waals surface area contributed by atoms with Gasteiger partial charge in [-0.25, -0.2) is 0 Å². The van der Waals surface area contributed by atoms with Crippen molar-refractivity contribution in [2.45, 2.75) is 41.5 Å². The monoisotopic (exact) mass is 285 g/mol. The summed E-state index contributed by atoms with van der Waals surface area (Å²) in [5, 5.41) is 4.87. The zero-order chi connectivity index (χ0) is 15.9. The average molecular weight is 285 g/mol. The molecule has 0 aliphatic heterocycles. The summed E-state index contributed by atoms with van der Waals surface area (Å²) in [7, 11) is 4.14. The van der Waals surface area contributed by atoms with E-state index < -0.39 is 0 Å². The Morgan fingerprint density at radius 2 is 1.38 bits per heavy atom. The third kappa shape index (κ3) is 2.62. The van der Waals surface area contributed by atoms with Crippen molar-refractivity contribution in [1.29, 1.82) is 0 Å². The molecule has 3 heteroatoms. The topological polar surface area (TPSA) is 28.2 Å². The minimum Gasteiger partial charge on any atom is -0.370 e. The molecule has 0 aliphatic carbocycles. The van der Waals surface area contributed by atoms with Crippen molar-refractivity contribution in [3.05, 3.63) is 33.5 Å². The minimum absolute atomic E-state index is 0.812. The van der Waals surface area contributed by atoms with Gasteiger partial charge in [0.05, 0.1) is 17.9 Å². The molecule has 2 rings (SSSR count). The summed E-state index contributed by atoms with van der Waals surface area (Å²) in [4.78, 5) is 7.03. The molecule has 1 aromatic carbocycles. The van der Waals surface area contributed by atoms with E-state index in [1.54, 1.807) is 0 Å². The van der Waals surface area contributed by atoms with Gasteiger partial charge in [0.1, 0.15) is 0 Å². The molecule has 0 fully saturated rings. The molecule has 3 nitrogen and oxygen atoms in total. The van der Waals surface area contributed by atoms with Crippen LogP contribution in [0.25, 0.3) is 10.9 Å². The second-order valence-electron chi connectivity index (χ2n) is 6.34. The first-order chi connectivity index (χ1) is 9.75. The number of benzene rings is 1. The number of aromatic nitrogens is 1. The zero-order valence-electron chi connectivity index (χ0n) is 14.6. The normalized spacial score (nSPS) is 11.5. The first-order valence-corrected chi connectivity index (χ1v) is 7.51. The number of anilines is 1. The molecule has 0 saturated heterocycles. The van der Waals surface area contributed by atoms with Crippen LogP contribution in [0.2, 0.25) is 0 Å². The van der Waals surface area contributed by atoms with Gasteiger partial charge in [-0.2, -0.15) is 0 Å². The van der Waals surface area contributed by atoms with E-state index in [2.05, 4.69) is 65.9 Å². The molecular formula is C18H27N3. The number of nitrogens with zero attached hydrogens (tertiary/aromatic N) is 2. The van der Waals surface area contributed by atoms with Crippen LogP contribution < -0.4 is 5.32 Å². The van der Waals surface area contributed by atoms with Crippen LogP contribution in [0, 0.1) is 41.5 Å². The van der Waals surface area contributed by atoms with Gasteiger partial charge in [0, 0.05) is 11.1 Å². The molecule has 0 unspecified atom stereocenters. The highest BCUT2D eigenvalue weighted by atomic mass is 15.2. The Labute approximate surface area is 128 Å². The molecule has 21 heavy (non-hydrogen) atoms. The van der Waals surface area contributed by atoms with Crippen molar-refractivity contribution < 1.29 is 0 Å². The minimum atomic E-state index is 0.812. The van der Waals surface area contributed by atoms with Crippen LogP contribution in [0.15, 0.2) is 0 Å². The summed E-state index contributed by atoms with van der Waals surface area (Å²) in [6.45, 7) is 13.9. The van der Waals surface area contributed by atoms with Crippen molar-refractivity contribution >= 4 is 16.6 Å². The van der Waals surface area contributed by atoms with Crippen molar-refractivity contribution in [2.24, 2.45) is 0 Å². The molecule has 0 radical (unpaired) electrons. The maximum atomic E-state index is 4.90. The van der Waals surface area contributed by atoms with E-state index in [0.717, 1.165) is 17.9 Å². The second-order valence-corrected chi connectivity index (χ2v) is 6.34. The van der Waals surface area contributed by atoms with Gasteiger partial charge in [-0.1, -0.05) is 0 Å². The highest BCUT2D eigenvalue weighted by Crippen LogP contribution is 2.35. The SMILES string of the molecule is Cc1nc2c(NCN(C)C)c(C)c(C)c(C)c2c(C)c1C. The highest BCUT2D eigenvalue weighted by molar-refractivity contribution is 5.98. The van der Waals surface area contributed by atoms with Crippen molar-refractivity contribution in [1.82, 2.24) is 9.88 Å². The third-order valence-corrected chi connectivity index (χ3v) is 4.68. The molecule has 0 atom stereocenters. The van der Waals surface area contributed by atoms with Crippen LogP contribution in [0.3, 0.4) is 0 Å². The Kier molecular flexibility index (Phi) is 4.24. The molecule has 1 heterocycles. The number of nitrogens with one attached hydrogen (secondary N) is 1. The van der Waals surface area contributed by atoms with E-state index in [1.807, 2.05) is 0 Å². The van der Waals surface area contributed by atoms with Crippen LogP contribution in [-0.4, -0.2) is 30.6 Å². The molecule has 114 valence electrons. The summed E-state index contributed by atoms with van der Waals surface area (Å²) in [6, 6.07) is 0. The van der Waals surface area contributed by atoms with E-state index >= 15 is 0 Å². The second kappa shape index (κ2) is 5.64. The molecule has 0 saturated carbocycles. The molecule has 0 amide bonds. The maximum absolute atomic E-state index is 4.90. The summed E-state index contributed by atoms with van der Waals surface area (Å²) in [6.07, 6.45) is 0. The Bertz CT molecular complexity index is 692. The Morgan fingerprint density at radius 1 is 0.810 bits per heavy atom. The number of hydrogen-bond acceptors (Lipinski definition) is 3. The Balaban J connectivity index is 2.84. The van der Waals surface area contributed by atoms with Gasteiger partial charge in [0.15, 0.2) is 0 Å². The fourth-order valence-corrected chi connectivity index (χ4v) is 2.87. The highest BCUT2D eigenvalue weighted by Gasteiger charge is 2.16. The van der Waals surface area contributed by atoms with Gasteiger partial charge in [-0.15, -0.1) is 0 Å². The average Bonchev–Trinajstić information content (AvgIpc) is 2.42. The standard InChI is InChI=1S/C18H27N3/c1-10-12(3)16-13(4)11(2)15(6)20-18(16)17(14(10)5)19-9-21(7)8/h19H,9H2,1-8H3. The summed E-state index contributed by atoms with van der Waals surface area (Å²) >= 11 is 0. The molecule has 0 spiro atoms. The van der Waals surface area contributed by atoms with Crippen LogP contribution in [0.1, 0.15) is 33.5 Å². The van der Waals surface area contributed by atoms with Crippen molar-refractivity contribution in [2.75, 3.05) is 26.1 Å². The van der Waals surface area contributed by atoms with Crippen LogP contribution in [0.5, 0.6) is 0 Å². The molecule has 0 aliphatic rings. The predicted octanol–water partition coefficient (Wildman–Crippen LogP) is 4.02. The van der Waals surface area contributed by atoms with Crippen molar-refractivity contribution in [3.8, 4) is 0 Å². The fraction of sp³-hybridized carbons (Fsp3) is 0.500. The predicted molar refractivity (Wildman–Crippen MR) is 92.3 cm³/mol.